The van der Waals surface area contributed by atoms with Crippen LogP contribution in [0, 0.1) is 0 Å². The molecule has 0 fully saturated rings. The van der Waals surface area contributed by atoms with Gasteiger partial charge in [0.05, 0.1) is 12.2 Å². The number of carbonyl (C=O) groups is 2. The number of amides is 2. The standard InChI is InChI=1S/C11H11N3O2/c15-10-5-4-9(14-10)11(16)13-7-8-3-1-2-6-12-8/h1-4,6H,5,7H2,(H,13,16)(H,14,15). The van der Waals surface area contributed by atoms with Crippen LogP contribution in [0.15, 0.2) is 36.2 Å². The molecule has 0 aliphatic carbocycles. The molecule has 82 valence electrons. The number of hydrogen-bond acceptors (Lipinski definition) is 3. The maximum Gasteiger partial charge on any atom is 0.267 e. The van der Waals surface area contributed by atoms with Crippen LogP contribution in [0.2, 0.25) is 0 Å². The van der Waals surface area contributed by atoms with E-state index in [0.29, 0.717) is 12.2 Å². The molecule has 5 nitrogen and oxygen atoms in total. The van der Waals surface area contributed by atoms with Crippen molar-refractivity contribution in [3.05, 3.63) is 41.9 Å². The highest BCUT2D eigenvalue weighted by Crippen LogP contribution is 2.02. The van der Waals surface area contributed by atoms with Crippen molar-refractivity contribution in [1.29, 1.82) is 0 Å². The average Bonchev–Trinajstić information content (AvgIpc) is 2.74. The van der Waals surface area contributed by atoms with Gasteiger partial charge in [-0.25, -0.2) is 0 Å². The Morgan fingerprint density at radius 3 is 3.00 bits per heavy atom. The van der Waals surface area contributed by atoms with E-state index in [-0.39, 0.29) is 18.2 Å². The third kappa shape index (κ3) is 2.44. The Labute approximate surface area is 92.6 Å². The van der Waals surface area contributed by atoms with Gasteiger partial charge in [-0.05, 0) is 18.2 Å². The van der Waals surface area contributed by atoms with E-state index >= 15 is 0 Å². The third-order valence-corrected chi connectivity index (χ3v) is 2.17. The van der Waals surface area contributed by atoms with E-state index in [9.17, 15) is 9.59 Å². The molecule has 0 bridgehead atoms. The summed E-state index contributed by atoms with van der Waals surface area (Å²) in [5.74, 6) is -0.431. The van der Waals surface area contributed by atoms with Crippen molar-refractivity contribution < 1.29 is 9.59 Å². The molecule has 16 heavy (non-hydrogen) atoms. The van der Waals surface area contributed by atoms with Crippen LogP contribution in [-0.4, -0.2) is 16.8 Å². The SMILES string of the molecule is O=C1CC=C(C(=O)NCc2ccccn2)N1. The van der Waals surface area contributed by atoms with Crippen molar-refractivity contribution in [1.82, 2.24) is 15.6 Å². The lowest BCUT2D eigenvalue weighted by atomic mass is 10.3. The van der Waals surface area contributed by atoms with Gasteiger partial charge in [0.1, 0.15) is 5.70 Å². The average molecular weight is 217 g/mol. The Kier molecular flexibility index (Phi) is 2.95. The fraction of sp³-hybridized carbons (Fsp3) is 0.182. The van der Waals surface area contributed by atoms with Crippen molar-refractivity contribution in [3.8, 4) is 0 Å². The summed E-state index contributed by atoms with van der Waals surface area (Å²) in [6, 6.07) is 5.48. The normalized spacial score (nSPS) is 14.2. The highest BCUT2D eigenvalue weighted by atomic mass is 16.2. The second-order valence-corrected chi connectivity index (χ2v) is 3.37. The summed E-state index contributed by atoms with van der Waals surface area (Å²) in [6.07, 6.45) is 3.51. The Hall–Kier alpha value is -2.17. The summed E-state index contributed by atoms with van der Waals surface area (Å²) in [6.45, 7) is 0.354. The minimum absolute atomic E-state index is 0.150. The smallest absolute Gasteiger partial charge is 0.267 e. The maximum absolute atomic E-state index is 11.5. The molecule has 2 rings (SSSR count). The predicted molar refractivity (Wildman–Crippen MR) is 56.9 cm³/mol. The van der Waals surface area contributed by atoms with E-state index < -0.39 is 0 Å². The zero-order chi connectivity index (χ0) is 11.4. The molecular formula is C11H11N3O2. The van der Waals surface area contributed by atoms with Crippen LogP contribution in [-0.2, 0) is 16.1 Å². The minimum Gasteiger partial charge on any atom is -0.345 e. The topological polar surface area (TPSA) is 71.1 Å². The van der Waals surface area contributed by atoms with Crippen LogP contribution in [0.1, 0.15) is 12.1 Å². The number of nitrogens with zero attached hydrogens (tertiary/aromatic N) is 1. The van der Waals surface area contributed by atoms with Crippen molar-refractivity contribution >= 4 is 11.8 Å². The van der Waals surface area contributed by atoms with Crippen molar-refractivity contribution in [3.63, 3.8) is 0 Å². The van der Waals surface area contributed by atoms with Gasteiger partial charge in [0, 0.05) is 12.6 Å². The van der Waals surface area contributed by atoms with Crippen LogP contribution in [0.3, 0.4) is 0 Å². The zero-order valence-electron chi connectivity index (χ0n) is 8.56. The molecular weight excluding hydrogens is 206 g/mol. The van der Waals surface area contributed by atoms with Crippen LogP contribution >= 0.6 is 0 Å². The lowest BCUT2D eigenvalue weighted by molar-refractivity contribution is -0.122. The van der Waals surface area contributed by atoms with E-state index in [1.165, 1.54) is 0 Å². The Bertz CT molecular complexity index is 440. The first-order chi connectivity index (χ1) is 7.75. The second-order valence-electron chi connectivity index (χ2n) is 3.37. The molecule has 2 N–H and O–H groups in total. The molecule has 0 atom stereocenters. The number of nitrogens with one attached hydrogen (secondary N) is 2. The highest BCUT2D eigenvalue weighted by Gasteiger charge is 2.17. The molecule has 0 spiro atoms. The number of aromatic nitrogens is 1. The van der Waals surface area contributed by atoms with Gasteiger partial charge in [-0.2, -0.15) is 0 Å². The Balaban J connectivity index is 1.87. The number of rotatable bonds is 3. The molecule has 1 aromatic rings. The lowest BCUT2D eigenvalue weighted by Crippen LogP contribution is -2.31. The first-order valence-corrected chi connectivity index (χ1v) is 4.94. The summed E-state index contributed by atoms with van der Waals surface area (Å²) < 4.78 is 0. The molecule has 0 saturated carbocycles. The first kappa shape index (κ1) is 10.4. The summed E-state index contributed by atoms with van der Waals surface area (Å²) >= 11 is 0. The van der Waals surface area contributed by atoms with Gasteiger partial charge < -0.3 is 10.6 Å². The molecule has 0 saturated heterocycles. The quantitative estimate of drug-likeness (QED) is 0.754. The molecule has 1 aliphatic rings. The minimum atomic E-state index is -0.281. The fourth-order valence-corrected chi connectivity index (χ4v) is 1.37. The van der Waals surface area contributed by atoms with E-state index in [4.69, 9.17) is 0 Å². The van der Waals surface area contributed by atoms with Crippen molar-refractivity contribution in [2.24, 2.45) is 0 Å². The van der Waals surface area contributed by atoms with Gasteiger partial charge in [0.25, 0.3) is 5.91 Å². The van der Waals surface area contributed by atoms with E-state index in [0.717, 1.165) is 5.69 Å². The van der Waals surface area contributed by atoms with Crippen LogP contribution in [0.25, 0.3) is 0 Å². The van der Waals surface area contributed by atoms with E-state index in [2.05, 4.69) is 15.6 Å². The monoisotopic (exact) mass is 217 g/mol. The largest absolute Gasteiger partial charge is 0.345 e. The molecule has 2 amide bonds. The van der Waals surface area contributed by atoms with E-state index in [1.807, 2.05) is 18.2 Å². The molecule has 1 aliphatic heterocycles. The van der Waals surface area contributed by atoms with E-state index in [1.54, 1.807) is 12.3 Å². The fourth-order valence-electron chi connectivity index (χ4n) is 1.37. The summed E-state index contributed by atoms with van der Waals surface area (Å²) in [7, 11) is 0. The van der Waals surface area contributed by atoms with Gasteiger partial charge in [-0.3, -0.25) is 14.6 Å². The molecule has 0 aromatic carbocycles. The molecule has 0 radical (unpaired) electrons. The van der Waals surface area contributed by atoms with Gasteiger partial charge in [-0.1, -0.05) is 6.07 Å². The number of carbonyl (C=O) groups excluding carboxylic acids is 2. The van der Waals surface area contributed by atoms with Crippen molar-refractivity contribution in [2.45, 2.75) is 13.0 Å². The molecule has 5 heteroatoms. The Morgan fingerprint density at radius 1 is 1.50 bits per heavy atom. The molecule has 0 unspecified atom stereocenters. The van der Waals surface area contributed by atoms with Crippen molar-refractivity contribution in [2.75, 3.05) is 0 Å². The van der Waals surface area contributed by atoms with Crippen LogP contribution in [0.5, 0.6) is 0 Å². The second kappa shape index (κ2) is 4.57. The Morgan fingerprint density at radius 2 is 2.38 bits per heavy atom. The van der Waals surface area contributed by atoms with Crippen LogP contribution in [0.4, 0.5) is 0 Å². The maximum atomic E-state index is 11.5. The molecule has 2 heterocycles. The third-order valence-electron chi connectivity index (χ3n) is 2.17. The lowest BCUT2D eigenvalue weighted by Gasteiger charge is -2.05. The summed E-state index contributed by atoms with van der Waals surface area (Å²) in [5.41, 5.74) is 1.10. The number of pyridine rings is 1. The summed E-state index contributed by atoms with van der Waals surface area (Å²) in [4.78, 5) is 26.5. The van der Waals surface area contributed by atoms with Crippen LogP contribution < -0.4 is 10.6 Å². The molecule has 1 aromatic heterocycles. The van der Waals surface area contributed by atoms with Gasteiger partial charge in [0.2, 0.25) is 5.91 Å². The van der Waals surface area contributed by atoms with Gasteiger partial charge in [0.15, 0.2) is 0 Å². The zero-order valence-corrected chi connectivity index (χ0v) is 8.56. The first-order valence-electron chi connectivity index (χ1n) is 4.94. The van der Waals surface area contributed by atoms with Gasteiger partial charge in [-0.15, -0.1) is 0 Å². The predicted octanol–water partition coefficient (Wildman–Crippen LogP) is 0.102. The number of hydrogen-bond donors (Lipinski definition) is 2. The highest BCUT2D eigenvalue weighted by molar-refractivity contribution is 6.00. The summed E-state index contributed by atoms with van der Waals surface area (Å²) in [5, 5.41) is 5.16. The van der Waals surface area contributed by atoms with Gasteiger partial charge >= 0.3 is 0 Å².